The largest absolute Gasteiger partial charge is 0.289 e. The van der Waals surface area contributed by atoms with Crippen LogP contribution in [-0.2, 0) is 0 Å². The van der Waals surface area contributed by atoms with Crippen LogP contribution in [0.25, 0.3) is 0 Å². The van der Waals surface area contributed by atoms with Crippen LogP contribution in [0.4, 0.5) is 5.69 Å². The van der Waals surface area contributed by atoms with Gasteiger partial charge in [0.15, 0.2) is 5.66 Å². The van der Waals surface area contributed by atoms with E-state index in [0.717, 1.165) is 12.1 Å². The van der Waals surface area contributed by atoms with Crippen LogP contribution in [0.3, 0.4) is 0 Å². The van der Waals surface area contributed by atoms with Gasteiger partial charge in [0.05, 0.1) is 0 Å². The number of hydrogen-bond acceptors (Lipinski definition) is 2. The smallest absolute Gasteiger partial charge is 0.222 e. The Hall–Kier alpha value is -1.29. The molecular formula is C11H13N3S. The zero-order chi connectivity index (χ0) is 10.9. The maximum atomic E-state index is 5.20. The summed E-state index contributed by atoms with van der Waals surface area (Å²) in [5.41, 5.74) is 0.732. The first kappa shape index (κ1) is 10.2. The minimum atomic E-state index is -0.321. The molecule has 0 aliphatic carbocycles. The summed E-state index contributed by atoms with van der Waals surface area (Å²) in [5, 5.41) is 8.78. The van der Waals surface area contributed by atoms with Crippen LogP contribution in [0.5, 0.6) is 0 Å². The Bertz CT molecular complexity index is 402. The first-order valence-electron chi connectivity index (χ1n) is 4.99. The number of benzene rings is 1. The molecule has 1 aliphatic heterocycles. The van der Waals surface area contributed by atoms with Gasteiger partial charge in [-0.1, -0.05) is 25.1 Å². The molecule has 1 heterocycles. The Labute approximate surface area is 94.8 Å². The van der Waals surface area contributed by atoms with Gasteiger partial charge in [0.25, 0.3) is 0 Å². The SMILES string of the molecule is CC[C@@]1(C)N=NC(=S)N1c1ccccc1. The number of hydrogen-bond donors (Lipinski definition) is 0. The Morgan fingerprint density at radius 3 is 2.60 bits per heavy atom. The monoisotopic (exact) mass is 219 g/mol. The lowest BCUT2D eigenvalue weighted by atomic mass is 10.1. The van der Waals surface area contributed by atoms with Crippen molar-refractivity contribution in [3.8, 4) is 0 Å². The number of rotatable bonds is 2. The average molecular weight is 219 g/mol. The first-order valence-corrected chi connectivity index (χ1v) is 5.40. The van der Waals surface area contributed by atoms with Crippen molar-refractivity contribution in [1.82, 2.24) is 0 Å². The number of azo groups is 1. The average Bonchev–Trinajstić information content (AvgIpc) is 2.57. The second-order valence-corrected chi connectivity index (χ2v) is 4.09. The van der Waals surface area contributed by atoms with Crippen LogP contribution < -0.4 is 4.90 Å². The molecule has 2 rings (SSSR count). The van der Waals surface area contributed by atoms with Crippen LogP contribution in [0.15, 0.2) is 40.6 Å². The van der Waals surface area contributed by atoms with Gasteiger partial charge >= 0.3 is 0 Å². The third-order valence-corrected chi connectivity index (χ3v) is 2.97. The maximum Gasteiger partial charge on any atom is 0.222 e. The summed E-state index contributed by atoms with van der Waals surface area (Å²) in [4.78, 5) is 2.00. The van der Waals surface area contributed by atoms with Crippen molar-refractivity contribution < 1.29 is 0 Å². The molecule has 3 nitrogen and oxygen atoms in total. The fourth-order valence-electron chi connectivity index (χ4n) is 1.64. The second kappa shape index (κ2) is 3.70. The number of nitrogens with zero attached hydrogens (tertiary/aromatic N) is 3. The molecule has 0 spiro atoms. The van der Waals surface area contributed by atoms with Gasteiger partial charge in [-0.2, -0.15) is 5.11 Å². The fraction of sp³-hybridized carbons (Fsp3) is 0.364. The predicted octanol–water partition coefficient (Wildman–Crippen LogP) is 3.37. The Morgan fingerprint density at radius 1 is 1.33 bits per heavy atom. The molecule has 0 bridgehead atoms. The van der Waals surface area contributed by atoms with Gasteiger partial charge in [0.1, 0.15) is 0 Å². The topological polar surface area (TPSA) is 28.0 Å². The van der Waals surface area contributed by atoms with Gasteiger partial charge in [0.2, 0.25) is 5.11 Å². The summed E-state index contributed by atoms with van der Waals surface area (Å²) in [5.74, 6) is 0. The summed E-state index contributed by atoms with van der Waals surface area (Å²) in [6, 6.07) is 10.0. The highest BCUT2D eigenvalue weighted by molar-refractivity contribution is 7.80. The number of thiocarbonyl (C=S) groups is 1. The molecule has 0 saturated heterocycles. The van der Waals surface area contributed by atoms with E-state index in [1.807, 2.05) is 42.2 Å². The molecule has 0 radical (unpaired) electrons. The predicted molar refractivity (Wildman–Crippen MR) is 65.1 cm³/mol. The lowest BCUT2D eigenvalue weighted by molar-refractivity contribution is 0.478. The van der Waals surface area contributed by atoms with Crippen LogP contribution in [0.1, 0.15) is 20.3 Å². The minimum absolute atomic E-state index is 0.321. The van der Waals surface area contributed by atoms with Crippen molar-refractivity contribution >= 4 is 23.0 Å². The minimum Gasteiger partial charge on any atom is -0.289 e. The van der Waals surface area contributed by atoms with E-state index >= 15 is 0 Å². The van der Waals surface area contributed by atoms with Gasteiger partial charge < -0.3 is 0 Å². The molecular weight excluding hydrogens is 206 g/mol. The van der Waals surface area contributed by atoms with Gasteiger partial charge in [0, 0.05) is 5.69 Å². The molecule has 0 amide bonds. The zero-order valence-electron chi connectivity index (χ0n) is 8.84. The fourth-order valence-corrected chi connectivity index (χ4v) is 1.98. The molecule has 0 unspecified atom stereocenters. The van der Waals surface area contributed by atoms with Gasteiger partial charge in [-0.05, 0) is 37.7 Å². The van der Waals surface area contributed by atoms with E-state index < -0.39 is 0 Å². The zero-order valence-corrected chi connectivity index (χ0v) is 9.66. The summed E-state index contributed by atoms with van der Waals surface area (Å²) >= 11 is 5.20. The van der Waals surface area contributed by atoms with Gasteiger partial charge in [-0.25, -0.2) is 0 Å². The number of para-hydroxylation sites is 1. The third-order valence-electron chi connectivity index (χ3n) is 2.71. The lowest BCUT2D eigenvalue weighted by Crippen LogP contribution is -2.42. The van der Waals surface area contributed by atoms with E-state index in [1.54, 1.807) is 0 Å². The number of anilines is 1. The molecule has 1 atom stereocenters. The molecule has 78 valence electrons. The highest BCUT2D eigenvalue weighted by Gasteiger charge is 2.37. The van der Waals surface area contributed by atoms with Crippen molar-refractivity contribution in [2.45, 2.75) is 25.9 Å². The molecule has 4 heteroatoms. The highest BCUT2D eigenvalue weighted by Crippen LogP contribution is 2.33. The van der Waals surface area contributed by atoms with E-state index in [2.05, 4.69) is 17.2 Å². The lowest BCUT2D eigenvalue weighted by Gasteiger charge is -2.31. The molecule has 1 aliphatic rings. The normalized spacial score (nSPS) is 24.9. The van der Waals surface area contributed by atoms with Crippen LogP contribution in [0.2, 0.25) is 0 Å². The standard InChI is InChI=1S/C11H13N3S/c1-3-11(2)13-12-10(15)14(11)9-7-5-4-6-8-9/h4-8H,3H2,1-2H3/t11-/m0/s1. The van der Waals surface area contributed by atoms with Crippen molar-refractivity contribution in [1.29, 1.82) is 0 Å². The quantitative estimate of drug-likeness (QED) is 0.713. The molecule has 0 saturated carbocycles. The van der Waals surface area contributed by atoms with Crippen molar-refractivity contribution in [2.75, 3.05) is 4.90 Å². The van der Waals surface area contributed by atoms with Crippen LogP contribution in [0, 0.1) is 0 Å². The van der Waals surface area contributed by atoms with Crippen LogP contribution >= 0.6 is 12.2 Å². The van der Waals surface area contributed by atoms with Crippen LogP contribution in [-0.4, -0.2) is 10.8 Å². The van der Waals surface area contributed by atoms with Crippen molar-refractivity contribution in [2.24, 2.45) is 10.2 Å². The maximum absolute atomic E-state index is 5.20. The first-order chi connectivity index (χ1) is 7.17. The molecule has 0 N–H and O–H groups in total. The summed E-state index contributed by atoms with van der Waals surface area (Å²) in [6.07, 6.45) is 0.880. The summed E-state index contributed by atoms with van der Waals surface area (Å²) in [6.45, 7) is 4.13. The summed E-state index contributed by atoms with van der Waals surface area (Å²) < 4.78 is 0. The van der Waals surface area contributed by atoms with E-state index in [4.69, 9.17) is 12.2 Å². The Morgan fingerprint density at radius 2 is 2.00 bits per heavy atom. The Balaban J connectivity index is 2.41. The van der Waals surface area contributed by atoms with Gasteiger partial charge in [-0.15, -0.1) is 5.11 Å². The van der Waals surface area contributed by atoms with Crippen molar-refractivity contribution in [3.05, 3.63) is 30.3 Å². The summed E-state index contributed by atoms with van der Waals surface area (Å²) in [7, 11) is 0. The molecule has 0 aromatic heterocycles. The van der Waals surface area contributed by atoms with E-state index in [-0.39, 0.29) is 5.66 Å². The van der Waals surface area contributed by atoms with Gasteiger partial charge in [-0.3, -0.25) is 4.90 Å². The van der Waals surface area contributed by atoms with E-state index in [1.165, 1.54) is 0 Å². The second-order valence-electron chi connectivity index (χ2n) is 3.72. The Kier molecular flexibility index (Phi) is 2.52. The molecule has 15 heavy (non-hydrogen) atoms. The van der Waals surface area contributed by atoms with Crippen molar-refractivity contribution in [3.63, 3.8) is 0 Å². The van der Waals surface area contributed by atoms with E-state index in [9.17, 15) is 0 Å². The highest BCUT2D eigenvalue weighted by atomic mass is 32.1. The molecule has 1 aromatic carbocycles. The molecule has 0 fully saturated rings. The van der Waals surface area contributed by atoms with E-state index in [0.29, 0.717) is 5.11 Å². The molecule has 1 aromatic rings. The third kappa shape index (κ3) is 1.65.